The Labute approximate surface area is 123 Å². The van der Waals surface area contributed by atoms with E-state index in [2.05, 4.69) is 0 Å². The highest BCUT2D eigenvalue weighted by Crippen LogP contribution is 2.21. The van der Waals surface area contributed by atoms with Crippen LogP contribution in [0.25, 0.3) is 0 Å². The Kier molecular flexibility index (Phi) is 5.03. The molecular formula is C15H20N2O4. The number of benzene rings is 1. The zero-order chi connectivity index (χ0) is 15.2. The Hall–Kier alpha value is -2.24. The number of nitrogens with two attached hydrogens (primary N) is 1. The monoisotopic (exact) mass is 292 g/mol. The summed E-state index contributed by atoms with van der Waals surface area (Å²) in [4.78, 5) is 25.2. The van der Waals surface area contributed by atoms with Crippen molar-refractivity contribution in [2.24, 2.45) is 5.92 Å². The van der Waals surface area contributed by atoms with Gasteiger partial charge in [-0.1, -0.05) is 12.1 Å². The van der Waals surface area contributed by atoms with Gasteiger partial charge in [-0.15, -0.1) is 0 Å². The fraction of sp³-hybridized carbons (Fsp3) is 0.467. The van der Waals surface area contributed by atoms with Crippen LogP contribution in [0.3, 0.4) is 0 Å². The summed E-state index contributed by atoms with van der Waals surface area (Å²) < 4.78 is 10.2. The first kappa shape index (κ1) is 15.2. The summed E-state index contributed by atoms with van der Waals surface area (Å²) in [5.74, 6) is 0.108. The second kappa shape index (κ2) is 6.97. The highest BCUT2D eigenvalue weighted by molar-refractivity contribution is 5.79. The number of esters is 1. The third-order valence-corrected chi connectivity index (χ3v) is 3.65. The van der Waals surface area contributed by atoms with E-state index >= 15 is 0 Å². The van der Waals surface area contributed by atoms with Gasteiger partial charge in [-0.3, -0.25) is 9.59 Å². The van der Waals surface area contributed by atoms with Crippen LogP contribution in [0.1, 0.15) is 12.8 Å². The number of para-hydroxylation sites is 2. The molecule has 0 atom stereocenters. The molecule has 0 unspecified atom stereocenters. The normalized spacial score (nSPS) is 15.6. The summed E-state index contributed by atoms with van der Waals surface area (Å²) in [5, 5.41) is 0. The molecule has 2 rings (SSSR count). The third-order valence-electron chi connectivity index (χ3n) is 3.65. The van der Waals surface area contributed by atoms with Gasteiger partial charge in [0, 0.05) is 13.1 Å². The molecule has 1 aromatic rings. The van der Waals surface area contributed by atoms with Crippen LogP contribution in [-0.2, 0) is 14.3 Å². The van der Waals surface area contributed by atoms with E-state index < -0.39 is 0 Å². The van der Waals surface area contributed by atoms with Gasteiger partial charge in [-0.25, -0.2) is 0 Å². The number of likely N-dealkylation sites (tertiary alicyclic amines) is 1. The molecule has 6 heteroatoms. The van der Waals surface area contributed by atoms with Crippen LogP contribution in [-0.4, -0.2) is 43.6 Å². The number of carbonyl (C=O) groups excluding carboxylic acids is 2. The van der Waals surface area contributed by atoms with Crippen LogP contribution in [0.2, 0.25) is 0 Å². The number of rotatable bonds is 4. The summed E-state index contributed by atoms with van der Waals surface area (Å²) in [6.45, 7) is 1.05. The molecule has 1 saturated heterocycles. The molecule has 21 heavy (non-hydrogen) atoms. The maximum Gasteiger partial charge on any atom is 0.308 e. The number of nitrogen functional groups attached to an aromatic ring is 1. The maximum absolute atomic E-state index is 12.1. The molecule has 1 aliphatic heterocycles. The number of nitrogens with zero attached hydrogens (tertiary/aromatic N) is 1. The van der Waals surface area contributed by atoms with Gasteiger partial charge in [0.2, 0.25) is 0 Å². The summed E-state index contributed by atoms with van der Waals surface area (Å²) in [7, 11) is 1.39. The van der Waals surface area contributed by atoms with Gasteiger partial charge in [0.15, 0.2) is 6.61 Å². The number of ether oxygens (including phenoxy) is 2. The van der Waals surface area contributed by atoms with Gasteiger partial charge in [-0.2, -0.15) is 0 Å². The first-order valence-corrected chi connectivity index (χ1v) is 6.94. The smallest absolute Gasteiger partial charge is 0.308 e. The SMILES string of the molecule is COC(=O)C1CCN(C(=O)COc2ccccc2N)CC1. The largest absolute Gasteiger partial charge is 0.482 e. The Morgan fingerprint density at radius 1 is 1.29 bits per heavy atom. The predicted octanol–water partition coefficient (Wildman–Crippen LogP) is 1.06. The predicted molar refractivity (Wildman–Crippen MR) is 77.7 cm³/mol. The number of amides is 1. The first-order valence-electron chi connectivity index (χ1n) is 6.94. The van der Waals surface area contributed by atoms with E-state index in [4.69, 9.17) is 15.2 Å². The van der Waals surface area contributed by atoms with Crippen LogP contribution >= 0.6 is 0 Å². The van der Waals surface area contributed by atoms with Crippen LogP contribution in [0.15, 0.2) is 24.3 Å². The molecule has 1 aromatic carbocycles. The molecule has 114 valence electrons. The molecule has 0 saturated carbocycles. The van der Waals surface area contributed by atoms with E-state index in [9.17, 15) is 9.59 Å². The van der Waals surface area contributed by atoms with Gasteiger partial charge >= 0.3 is 5.97 Å². The molecule has 0 bridgehead atoms. The summed E-state index contributed by atoms with van der Waals surface area (Å²) in [5.41, 5.74) is 6.26. The van der Waals surface area contributed by atoms with Crippen LogP contribution in [0, 0.1) is 5.92 Å². The lowest BCUT2D eigenvalue weighted by Crippen LogP contribution is -2.42. The van der Waals surface area contributed by atoms with Crippen molar-refractivity contribution < 1.29 is 19.1 Å². The average Bonchev–Trinajstić information content (AvgIpc) is 2.53. The van der Waals surface area contributed by atoms with Gasteiger partial charge in [0.25, 0.3) is 5.91 Å². The number of hydrogen-bond donors (Lipinski definition) is 1. The van der Waals surface area contributed by atoms with Crippen molar-refractivity contribution in [3.63, 3.8) is 0 Å². The Bertz CT molecular complexity index is 510. The molecule has 2 N–H and O–H groups in total. The van der Waals surface area contributed by atoms with Crippen molar-refractivity contribution in [2.75, 3.05) is 32.5 Å². The van der Waals surface area contributed by atoms with Crippen LogP contribution in [0.5, 0.6) is 5.75 Å². The lowest BCUT2D eigenvalue weighted by Gasteiger charge is -2.30. The molecule has 1 amide bonds. The minimum Gasteiger partial charge on any atom is -0.482 e. The van der Waals surface area contributed by atoms with Crippen molar-refractivity contribution in [1.82, 2.24) is 4.90 Å². The van der Waals surface area contributed by atoms with Crippen molar-refractivity contribution in [2.45, 2.75) is 12.8 Å². The second-order valence-corrected chi connectivity index (χ2v) is 5.00. The third kappa shape index (κ3) is 3.87. The van der Waals surface area contributed by atoms with Gasteiger partial charge in [0.1, 0.15) is 5.75 Å². The molecule has 1 fully saturated rings. The number of anilines is 1. The van der Waals surface area contributed by atoms with Crippen molar-refractivity contribution in [3.8, 4) is 5.75 Å². The molecule has 0 aromatic heterocycles. The fourth-order valence-corrected chi connectivity index (χ4v) is 2.37. The number of carbonyl (C=O) groups is 2. The van der Waals surface area contributed by atoms with Crippen LogP contribution in [0.4, 0.5) is 5.69 Å². The second-order valence-electron chi connectivity index (χ2n) is 5.00. The average molecular weight is 292 g/mol. The van der Waals surface area contributed by atoms with E-state index in [1.807, 2.05) is 6.07 Å². The summed E-state index contributed by atoms with van der Waals surface area (Å²) >= 11 is 0. The first-order chi connectivity index (χ1) is 10.1. The fourth-order valence-electron chi connectivity index (χ4n) is 2.37. The van der Waals surface area contributed by atoms with Crippen molar-refractivity contribution in [1.29, 1.82) is 0 Å². The zero-order valence-corrected chi connectivity index (χ0v) is 12.1. The van der Waals surface area contributed by atoms with Crippen molar-refractivity contribution in [3.05, 3.63) is 24.3 Å². The molecular weight excluding hydrogens is 272 g/mol. The number of hydrogen-bond acceptors (Lipinski definition) is 5. The molecule has 0 radical (unpaired) electrons. The quantitative estimate of drug-likeness (QED) is 0.663. The molecule has 1 aliphatic rings. The summed E-state index contributed by atoms with van der Waals surface area (Å²) in [6, 6.07) is 7.06. The van der Waals surface area contributed by atoms with E-state index in [1.165, 1.54) is 7.11 Å². The highest BCUT2D eigenvalue weighted by Gasteiger charge is 2.27. The van der Waals surface area contributed by atoms with Crippen molar-refractivity contribution >= 4 is 17.6 Å². The lowest BCUT2D eigenvalue weighted by atomic mass is 9.97. The molecule has 6 nitrogen and oxygen atoms in total. The Morgan fingerprint density at radius 2 is 1.95 bits per heavy atom. The van der Waals surface area contributed by atoms with E-state index in [0.29, 0.717) is 37.4 Å². The minimum absolute atomic E-state index is 0.0445. The maximum atomic E-state index is 12.1. The summed E-state index contributed by atoms with van der Waals surface area (Å²) in [6.07, 6.45) is 1.26. The lowest BCUT2D eigenvalue weighted by molar-refractivity contribution is -0.149. The number of piperidine rings is 1. The highest BCUT2D eigenvalue weighted by atomic mass is 16.5. The van der Waals surface area contributed by atoms with Gasteiger partial charge in [-0.05, 0) is 25.0 Å². The topological polar surface area (TPSA) is 81.9 Å². The van der Waals surface area contributed by atoms with E-state index in [0.717, 1.165) is 0 Å². The Morgan fingerprint density at radius 3 is 2.57 bits per heavy atom. The Balaban J connectivity index is 1.80. The number of methoxy groups -OCH3 is 1. The zero-order valence-electron chi connectivity index (χ0n) is 12.1. The molecule has 0 aliphatic carbocycles. The standard InChI is InChI=1S/C15H20N2O4/c1-20-15(19)11-6-8-17(9-7-11)14(18)10-21-13-5-3-2-4-12(13)16/h2-5,11H,6-10,16H2,1H3. The van der Waals surface area contributed by atoms with E-state index in [1.54, 1.807) is 23.1 Å². The van der Waals surface area contributed by atoms with Gasteiger partial charge in [0.05, 0.1) is 18.7 Å². The van der Waals surface area contributed by atoms with Crippen LogP contribution < -0.4 is 10.5 Å². The van der Waals surface area contributed by atoms with E-state index in [-0.39, 0.29) is 24.4 Å². The molecule has 0 spiro atoms. The minimum atomic E-state index is -0.199. The van der Waals surface area contributed by atoms with Gasteiger partial charge < -0.3 is 20.1 Å². The molecule has 1 heterocycles.